The summed E-state index contributed by atoms with van der Waals surface area (Å²) >= 11 is 6.55. The van der Waals surface area contributed by atoms with Crippen LogP contribution in [0.1, 0.15) is 26.3 Å². The zero-order valence-corrected chi connectivity index (χ0v) is 13.6. The number of hydrogen-bond donors (Lipinski definition) is 0. The van der Waals surface area contributed by atoms with Gasteiger partial charge >= 0.3 is 0 Å². The topological polar surface area (TPSA) is 61.2 Å². The van der Waals surface area contributed by atoms with E-state index in [0.717, 1.165) is 9.37 Å². The molecule has 0 radical (unpaired) electrons. The molecule has 1 heterocycles. The maximum Gasteiger partial charge on any atom is 0.266 e. The molecule has 2 aromatic carbocycles. The molecule has 4 nitrogen and oxygen atoms in total. The normalized spacial score (nSPS) is 13.3. The SMILES string of the molecule is N#Cc1cc(Br)ccc1N1C(=O)c2ccc(Br)cc2C1=O. The van der Waals surface area contributed by atoms with Gasteiger partial charge in [0.2, 0.25) is 0 Å². The summed E-state index contributed by atoms with van der Waals surface area (Å²) in [6, 6.07) is 11.8. The largest absolute Gasteiger partial charge is 0.268 e. The summed E-state index contributed by atoms with van der Waals surface area (Å²) < 4.78 is 1.43. The minimum absolute atomic E-state index is 0.262. The standard InChI is InChI=1S/C15H6Br2N2O2/c16-9-2-4-13(8(5-9)7-18)19-14(20)11-3-1-10(17)6-12(11)15(19)21/h1-6H. The van der Waals surface area contributed by atoms with E-state index >= 15 is 0 Å². The second kappa shape index (κ2) is 5.10. The molecule has 2 amide bonds. The van der Waals surface area contributed by atoms with E-state index in [9.17, 15) is 14.9 Å². The Morgan fingerprint density at radius 2 is 1.52 bits per heavy atom. The first-order chi connectivity index (χ1) is 10.0. The number of benzene rings is 2. The van der Waals surface area contributed by atoms with E-state index in [-0.39, 0.29) is 5.56 Å². The van der Waals surface area contributed by atoms with Crippen LogP contribution in [0.15, 0.2) is 45.3 Å². The van der Waals surface area contributed by atoms with Crippen molar-refractivity contribution in [2.24, 2.45) is 0 Å². The molecule has 0 aliphatic carbocycles. The van der Waals surface area contributed by atoms with Crippen LogP contribution >= 0.6 is 31.9 Å². The molecule has 0 spiro atoms. The first-order valence-electron chi connectivity index (χ1n) is 5.91. The van der Waals surface area contributed by atoms with Crippen LogP contribution in [0.2, 0.25) is 0 Å². The number of carbonyl (C=O) groups excluding carboxylic acids is 2. The Labute approximate surface area is 137 Å². The van der Waals surface area contributed by atoms with Gasteiger partial charge in [-0.2, -0.15) is 5.26 Å². The molecule has 102 valence electrons. The molecule has 21 heavy (non-hydrogen) atoms. The van der Waals surface area contributed by atoms with Crippen molar-refractivity contribution in [1.82, 2.24) is 0 Å². The second-order valence-corrected chi connectivity index (χ2v) is 6.24. The molecule has 0 unspecified atom stereocenters. The van der Waals surface area contributed by atoms with Gasteiger partial charge in [-0.05, 0) is 36.4 Å². The highest BCUT2D eigenvalue weighted by Crippen LogP contribution is 2.33. The van der Waals surface area contributed by atoms with Gasteiger partial charge in [-0.1, -0.05) is 31.9 Å². The number of carbonyl (C=O) groups is 2. The molecule has 0 saturated carbocycles. The molecule has 0 aromatic heterocycles. The van der Waals surface area contributed by atoms with Crippen molar-refractivity contribution in [2.75, 3.05) is 4.90 Å². The molecular weight excluding hydrogens is 400 g/mol. The molecule has 0 fully saturated rings. The van der Waals surface area contributed by atoms with Gasteiger partial charge < -0.3 is 0 Å². The smallest absolute Gasteiger partial charge is 0.266 e. The fourth-order valence-corrected chi connectivity index (χ4v) is 2.95. The highest BCUT2D eigenvalue weighted by atomic mass is 79.9. The molecule has 0 atom stereocenters. The van der Waals surface area contributed by atoms with E-state index in [4.69, 9.17) is 0 Å². The highest BCUT2D eigenvalue weighted by Gasteiger charge is 2.37. The van der Waals surface area contributed by atoms with Crippen molar-refractivity contribution in [1.29, 1.82) is 5.26 Å². The highest BCUT2D eigenvalue weighted by molar-refractivity contribution is 9.10. The number of nitrogens with zero attached hydrogens (tertiary/aromatic N) is 2. The van der Waals surface area contributed by atoms with Crippen molar-refractivity contribution in [3.05, 3.63) is 62.0 Å². The van der Waals surface area contributed by atoms with Crippen LogP contribution in [-0.2, 0) is 0 Å². The Bertz CT molecular complexity index is 840. The first kappa shape index (κ1) is 14.0. The van der Waals surface area contributed by atoms with E-state index in [1.54, 1.807) is 36.4 Å². The molecule has 2 aromatic rings. The summed E-state index contributed by atoms with van der Waals surface area (Å²) in [6.07, 6.45) is 0. The summed E-state index contributed by atoms with van der Waals surface area (Å²) in [5.74, 6) is -0.837. The number of amides is 2. The lowest BCUT2D eigenvalue weighted by molar-refractivity contribution is 0.0926. The summed E-state index contributed by atoms with van der Waals surface area (Å²) in [4.78, 5) is 26.0. The van der Waals surface area contributed by atoms with Crippen molar-refractivity contribution >= 4 is 49.4 Å². The van der Waals surface area contributed by atoms with E-state index < -0.39 is 11.8 Å². The zero-order valence-electron chi connectivity index (χ0n) is 10.4. The van der Waals surface area contributed by atoms with Gasteiger partial charge in [-0.15, -0.1) is 0 Å². The Morgan fingerprint density at radius 1 is 0.905 bits per heavy atom. The van der Waals surface area contributed by atoms with Gasteiger partial charge in [0, 0.05) is 8.95 Å². The van der Waals surface area contributed by atoms with Crippen LogP contribution in [0.5, 0.6) is 0 Å². The molecule has 0 N–H and O–H groups in total. The molecule has 0 bridgehead atoms. The lowest BCUT2D eigenvalue weighted by Gasteiger charge is -2.15. The van der Waals surface area contributed by atoms with Crippen molar-refractivity contribution in [3.8, 4) is 6.07 Å². The van der Waals surface area contributed by atoms with Crippen LogP contribution in [0.3, 0.4) is 0 Å². The summed E-state index contributed by atoms with van der Waals surface area (Å²) in [5.41, 5.74) is 1.23. The van der Waals surface area contributed by atoms with E-state index in [0.29, 0.717) is 21.3 Å². The molecular formula is C15H6Br2N2O2. The zero-order chi connectivity index (χ0) is 15.1. The Kier molecular flexibility index (Phi) is 3.40. The predicted octanol–water partition coefficient (Wildman–Crippen LogP) is 3.88. The average Bonchev–Trinajstić information content (AvgIpc) is 2.71. The average molecular weight is 406 g/mol. The van der Waals surface area contributed by atoms with Crippen molar-refractivity contribution in [3.63, 3.8) is 0 Å². The minimum atomic E-state index is -0.421. The summed E-state index contributed by atoms with van der Waals surface area (Å²) in [5, 5.41) is 9.21. The summed E-state index contributed by atoms with van der Waals surface area (Å²) in [6.45, 7) is 0. The van der Waals surface area contributed by atoms with Crippen LogP contribution in [0.4, 0.5) is 5.69 Å². The first-order valence-corrected chi connectivity index (χ1v) is 7.49. The van der Waals surface area contributed by atoms with Crippen molar-refractivity contribution < 1.29 is 9.59 Å². The second-order valence-electron chi connectivity index (χ2n) is 4.41. The van der Waals surface area contributed by atoms with E-state index in [1.165, 1.54) is 0 Å². The lowest BCUT2D eigenvalue weighted by Crippen LogP contribution is -2.30. The van der Waals surface area contributed by atoms with Gasteiger partial charge in [-0.3, -0.25) is 9.59 Å². The number of hydrogen-bond acceptors (Lipinski definition) is 3. The molecule has 6 heteroatoms. The number of rotatable bonds is 1. The molecule has 1 aliphatic heterocycles. The van der Waals surface area contributed by atoms with Gasteiger partial charge in [-0.25, -0.2) is 4.90 Å². The number of halogens is 2. The third kappa shape index (κ3) is 2.19. The van der Waals surface area contributed by atoms with Gasteiger partial charge in [0.1, 0.15) is 6.07 Å². The van der Waals surface area contributed by atoms with Crippen LogP contribution in [0.25, 0.3) is 0 Å². The van der Waals surface area contributed by atoms with Crippen LogP contribution < -0.4 is 4.90 Å². The molecule has 0 saturated heterocycles. The number of fused-ring (bicyclic) bond motifs is 1. The number of imide groups is 1. The van der Waals surface area contributed by atoms with Crippen molar-refractivity contribution in [2.45, 2.75) is 0 Å². The fraction of sp³-hybridized carbons (Fsp3) is 0. The van der Waals surface area contributed by atoms with Gasteiger partial charge in [0.05, 0.1) is 22.4 Å². The van der Waals surface area contributed by atoms with Crippen LogP contribution in [0, 0.1) is 11.3 Å². The minimum Gasteiger partial charge on any atom is -0.268 e. The summed E-state index contributed by atoms with van der Waals surface area (Å²) in [7, 11) is 0. The van der Waals surface area contributed by atoms with Crippen LogP contribution in [-0.4, -0.2) is 11.8 Å². The third-order valence-corrected chi connectivity index (χ3v) is 4.16. The maximum atomic E-state index is 12.5. The number of anilines is 1. The van der Waals surface area contributed by atoms with Gasteiger partial charge in [0.25, 0.3) is 11.8 Å². The fourth-order valence-electron chi connectivity index (χ4n) is 2.22. The van der Waals surface area contributed by atoms with E-state index in [2.05, 4.69) is 31.9 Å². The third-order valence-electron chi connectivity index (χ3n) is 3.17. The Hall–Kier alpha value is -1.97. The quantitative estimate of drug-likeness (QED) is 0.676. The molecule has 3 rings (SSSR count). The van der Waals surface area contributed by atoms with E-state index in [1.807, 2.05) is 6.07 Å². The predicted molar refractivity (Wildman–Crippen MR) is 84.1 cm³/mol. The monoisotopic (exact) mass is 404 g/mol. The lowest BCUT2D eigenvalue weighted by atomic mass is 10.1. The maximum absolute atomic E-state index is 12.5. The number of nitriles is 1. The Balaban J connectivity index is 2.17. The Morgan fingerprint density at radius 3 is 2.24 bits per heavy atom. The van der Waals surface area contributed by atoms with Gasteiger partial charge in [0.15, 0.2) is 0 Å². The molecule has 1 aliphatic rings.